The SMILES string of the molecule is CO[C@@]1(C)CCOC(C)[C@H]1O. The van der Waals surface area contributed by atoms with Gasteiger partial charge in [-0.25, -0.2) is 0 Å². The summed E-state index contributed by atoms with van der Waals surface area (Å²) in [5.74, 6) is 0. The molecule has 0 aliphatic carbocycles. The molecule has 1 aliphatic rings. The van der Waals surface area contributed by atoms with Gasteiger partial charge in [-0.05, 0) is 13.8 Å². The zero-order valence-electron chi connectivity index (χ0n) is 7.33. The average Bonchev–Trinajstić information content (AvgIpc) is 2.00. The molecule has 1 fully saturated rings. The summed E-state index contributed by atoms with van der Waals surface area (Å²) in [4.78, 5) is 0. The normalized spacial score (nSPS) is 45.8. The largest absolute Gasteiger partial charge is 0.387 e. The van der Waals surface area contributed by atoms with E-state index in [4.69, 9.17) is 9.47 Å². The standard InChI is InChI=1S/C8H16O3/c1-6-7(9)8(2,10-3)4-5-11-6/h6-7,9H,4-5H2,1-3H3/t6?,7-,8+/m1/s1. The van der Waals surface area contributed by atoms with Crippen molar-refractivity contribution < 1.29 is 14.6 Å². The first kappa shape index (κ1) is 8.97. The van der Waals surface area contributed by atoms with Gasteiger partial charge in [0.05, 0.1) is 11.7 Å². The molecule has 0 spiro atoms. The number of hydrogen-bond acceptors (Lipinski definition) is 3. The van der Waals surface area contributed by atoms with Crippen LogP contribution in [0, 0.1) is 0 Å². The maximum Gasteiger partial charge on any atom is 0.109 e. The van der Waals surface area contributed by atoms with Crippen molar-refractivity contribution in [2.75, 3.05) is 13.7 Å². The van der Waals surface area contributed by atoms with Crippen LogP contribution in [0.15, 0.2) is 0 Å². The minimum Gasteiger partial charge on any atom is -0.387 e. The van der Waals surface area contributed by atoms with Crippen molar-refractivity contribution in [3.05, 3.63) is 0 Å². The third-order valence-electron chi connectivity index (χ3n) is 2.52. The second-order valence-electron chi connectivity index (χ2n) is 3.29. The van der Waals surface area contributed by atoms with E-state index in [2.05, 4.69) is 0 Å². The van der Waals surface area contributed by atoms with Crippen molar-refractivity contribution in [2.45, 2.75) is 38.1 Å². The Bertz CT molecular complexity index is 137. The molecule has 3 atom stereocenters. The van der Waals surface area contributed by atoms with Crippen molar-refractivity contribution in [3.8, 4) is 0 Å². The summed E-state index contributed by atoms with van der Waals surface area (Å²) in [6.45, 7) is 4.44. The lowest BCUT2D eigenvalue weighted by molar-refractivity contribution is -0.188. The van der Waals surface area contributed by atoms with Crippen molar-refractivity contribution in [2.24, 2.45) is 0 Å². The minimum atomic E-state index is -0.513. The van der Waals surface area contributed by atoms with Gasteiger partial charge in [0, 0.05) is 20.1 Å². The van der Waals surface area contributed by atoms with Crippen LogP contribution in [-0.2, 0) is 9.47 Å². The maximum absolute atomic E-state index is 9.65. The van der Waals surface area contributed by atoms with Crippen LogP contribution in [-0.4, -0.2) is 36.6 Å². The molecule has 1 N–H and O–H groups in total. The second kappa shape index (κ2) is 3.09. The van der Waals surface area contributed by atoms with E-state index in [1.54, 1.807) is 7.11 Å². The molecule has 1 unspecified atom stereocenters. The van der Waals surface area contributed by atoms with Gasteiger partial charge in [0.1, 0.15) is 6.10 Å². The zero-order chi connectivity index (χ0) is 8.48. The topological polar surface area (TPSA) is 38.7 Å². The van der Waals surface area contributed by atoms with Gasteiger partial charge in [-0.1, -0.05) is 0 Å². The Morgan fingerprint density at radius 1 is 1.64 bits per heavy atom. The van der Waals surface area contributed by atoms with E-state index in [0.717, 1.165) is 6.42 Å². The summed E-state index contributed by atoms with van der Waals surface area (Å²) in [6.07, 6.45) is 0.129. The predicted octanol–water partition coefficient (Wildman–Crippen LogP) is 0.561. The first-order chi connectivity index (χ1) is 5.10. The molecule has 0 radical (unpaired) electrons. The summed E-state index contributed by atoms with van der Waals surface area (Å²) in [7, 11) is 1.63. The van der Waals surface area contributed by atoms with Gasteiger partial charge in [-0.3, -0.25) is 0 Å². The predicted molar refractivity (Wildman–Crippen MR) is 41.5 cm³/mol. The number of methoxy groups -OCH3 is 1. The van der Waals surface area contributed by atoms with Crippen molar-refractivity contribution in [3.63, 3.8) is 0 Å². The zero-order valence-corrected chi connectivity index (χ0v) is 7.33. The molecular weight excluding hydrogens is 144 g/mol. The van der Waals surface area contributed by atoms with E-state index in [9.17, 15) is 5.11 Å². The van der Waals surface area contributed by atoms with Gasteiger partial charge in [-0.2, -0.15) is 0 Å². The van der Waals surface area contributed by atoms with Crippen LogP contribution < -0.4 is 0 Å². The fourth-order valence-corrected chi connectivity index (χ4v) is 1.41. The van der Waals surface area contributed by atoms with E-state index in [-0.39, 0.29) is 6.10 Å². The number of aliphatic hydroxyl groups excluding tert-OH is 1. The van der Waals surface area contributed by atoms with Gasteiger partial charge in [0.25, 0.3) is 0 Å². The smallest absolute Gasteiger partial charge is 0.109 e. The van der Waals surface area contributed by atoms with Crippen molar-refractivity contribution in [1.29, 1.82) is 0 Å². The molecule has 0 aromatic carbocycles. The molecule has 1 saturated heterocycles. The van der Waals surface area contributed by atoms with Crippen molar-refractivity contribution >= 4 is 0 Å². The molecular formula is C8H16O3. The highest BCUT2D eigenvalue weighted by molar-refractivity contribution is 4.90. The van der Waals surface area contributed by atoms with Gasteiger partial charge in [0.2, 0.25) is 0 Å². The molecule has 3 nitrogen and oxygen atoms in total. The Morgan fingerprint density at radius 3 is 2.73 bits per heavy atom. The average molecular weight is 160 g/mol. The van der Waals surface area contributed by atoms with E-state index < -0.39 is 11.7 Å². The number of rotatable bonds is 1. The summed E-state index contributed by atoms with van der Waals surface area (Å²) in [5.41, 5.74) is -0.419. The summed E-state index contributed by atoms with van der Waals surface area (Å²) >= 11 is 0. The van der Waals surface area contributed by atoms with Crippen LogP contribution in [0.3, 0.4) is 0 Å². The van der Waals surface area contributed by atoms with Gasteiger partial charge >= 0.3 is 0 Å². The third-order valence-corrected chi connectivity index (χ3v) is 2.52. The van der Waals surface area contributed by atoms with E-state index >= 15 is 0 Å². The molecule has 1 aliphatic heterocycles. The lowest BCUT2D eigenvalue weighted by Crippen LogP contribution is -2.52. The lowest BCUT2D eigenvalue weighted by atomic mass is 9.89. The molecule has 1 heterocycles. The number of hydrogen-bond donors (Lipinski definition) is 1. The third kappa shape index (κ3) is 1.55. The highest BCUT2D eigenvalue weighted by atomic mass is 16.5. The molecule has 0 aromatic rings. The Morgan fingerprint density at radius 2 is 2.27 bits per heavy atom. The van der Waals surface area contributed by atoms with E-state index in [0.29, 0.717) is 6.61 Å². The molecule has 0 bridgehead atoms. The minimum absolute atomic E-state index is 0.117. The second-order valence-corrected chi connectivity index (χ2v) is 3.29. The van der Waals surface area contributed by atoms with Gasteiger partial charge < -0.3 is 14.6 Å². The maximum atomic E-state index is 9.65. The lowest BCUT2D eigenvalue weighted by Gasteiger charge is -2.40. The summed E-state index contributed by atoms with van der Waals surface area (Å²) in [6, 6.07) is 0. The fourth-order valence-electron chi connectivity index (χ4n) is 1.41. The highest BCUT2D eigenvalue weighted by Crippen LogP contribution is 2.27. The number of aliphatic hydroxyl groups is 1. The fraction of sp³-hybridized carbons (Fsp3) is 1.00. The van der Waals surface area contributed by atoms with Crippen LogP contribution in [0.5, 0.6) is 0 Å². The van der Waals surface area contributed by atoms with Crippen molar-refractivity contribution in [1.82, 2.24) is 0 Å². The Labute approximate surface area is 67.3 Å². The van der Waals surface area contributed by atoms with Crippen LogP contribution >= 0.6 is 0 Å². The van der Waals surface area contributed by atoms with Crippen LogP contribution in [0.2, 0.25) is 0 Å². The molecule has 1 rings (SSSR count). The van der Waals surface area contributed by atoms with Gasteiger partial charge in [-0.15, -0.1) is 0 Å². The highest BCUT2D eigenvalue weighted by Gasteiger charge is 2.40. The number of ether oxygens (including phenoxy) is 2. The Kier molecular flexibility index (Phi) is 2.52. The molecule has 3 heteroatoms. The molecule has 0 saturated carbocycles. The van der Waals surface area contributed by atoms with Crippen LogP contribution in [0.25, 0.3) is 0 Å². The first-order valence-electron chi connectivity index (χ1n) is 3.95. The Balaban J connectivity index is 2.64. The van der Waals surface area contributed by atoms with Gasteiger partial charge in [0.15, 0.2) is 0 Å². The van der Waals surface area contributed by atoms with Crippen LogP contribution in [0.1, 0.15) is 20.3 Å². The quantitative estimate of drug-likeness (QED) is 0.609. The summed E-state index contributed by atoms with van der Waals surface area (Å²) in [5, 5.41) is 9.65. The summed E-state index contributed by atoms with van der Waals surface area (Å²) < 4.78 is 10.5. The molecule has 0 aromatic heterocycles. The monoisotopic (exact) mass is 160 g/mol. The Hall–Kier alpha value is -0.120. The van der Waals surface area contributed by atoms with E-state index in [1.807, 2.05) is 13.8 Å². The first-order valence-corrected chi connectivity index (χ1v) is 3.95. The van der Waals surface area contributed by atoms with Crippen LogP contribution in [0.4, 0.5) is 0 Å². The van der Waals surface area contributed by atoms with E-state index in [1.165, 1.54) is 0 Å². The molecule has 0 amide bonds. The molecule has 11 heavy (non-hydrogen) atoms. The molecule has 66 valence electrons.